The smallest absolute Gasteiger partial charge is 0.326 e. The number of fused-ring (bicyclic) bond motifs is 2. The summed E-state index contributed by atoms with van der Waals surface area (Å²) in [4.78, 5) is 42.6. The SMILES string of the molecule is CC(C)(C)OC(=O)Cn1c(=O)c(-c2cn(CCCN)c3ccc(OCc4ccccc4)cc23)nc2ccc([N+](=O)[O-])cc21. The summed E-state index contributed by atoms with van der Waals surface area (Å²) in [6.07, 6.45) is 2.56. The largest absolute Gasteiger partial charge is 0.489 e. The van der Waals surface area contributed by atoms with Gasteiger partial charge in [0.05, 0.1) is 16.0 Å². The van der Waals surface area contributed by atoms with E-state index < -0.39 is 28.6 Å². The molecule has 2 aromatic heterocycles. The number of nitrogens with two attached hydrogens (primary N) is 1. The molecule has 0 amide bonds. The summed E-state index contributed by atoms with van der Waals surface area (Å²) in [6.45, 7) is 6.20. The topological polar surface area (TPSA) is 145 Å². The van der Waals surface area contributed by atoms with Crippen LogP contribution in [0.3, 0.4) is 0 Å². The zero-order chi connectivity index (χ0) is 30.7. The summed E-state index contributed by atoms with van der Waals surface area (Å²) in [5.41, 5.74) is 7.20. The molecule has 0 saturated carbocycles. The number of nitro benzene ring substituents is 1. The van der Waals surface area contributed by atoms with E-state index in [2.05, 4.69) is 4.98 Å². The Morgan fingerprint density at radius 1 is 1.05 bits per heavy atom. The monoisotopic (exact) mass is 583 g/mol. The number of carbonyl (C=O) groups excluding carboxylic acids is 1. The fourth-order valence-corrected chi connectivity index (χ4v) is 4.92. The average molecular weight is 584 g/mol. The number of nitrogens with zero attached hydrogens (tertiary/aromatic N) is 4. The lowest BCUT2D eigenvalue weighted by Gasteiger charge is -2.20. The first-order valence-corrected chi connectivity index (χ1v) is 13.9. The van der Waals surface area contributed by atoms with Crippen LogP contribution in [0, 0.1) is 10.1 Å². The Kier molecular flexibility index (Phi) is 8.27. The van der Waals surface area contributed by atoms with E-state index in [-0.39, 0.29) is 16.9 Å². The molecule has 43 heavy (non-hydrogen) atoms. The first kappa shape index (κ1) is 29.5. The molecule has 0 bridgehead atoms. The number of aryl methyl sites for hydroxylation is 1. The van der Waals surface area contributed by atoms with Gasteiger partial charge in [0, 0.05) is 41.3 Å². The molecule has 0 unspecified atom stereocenters. The number of esters is 1. The standard InChI is InChI=1S/C32H33N5O6/c1-32(2,3)43-29(38)19-36-28-16-22(37(40)41)10-12-26(28)34-30(31(36)39)25-18-35(15-7-14-33)27-13-11-23(17-24(25)27)42-20-21-8-5-4-6-9-21/h4-6,8-13,16-18H,7,14-15,19-20,33H2,1-3H3. The van der Waals surface area contributed by atoms with Crippen molar-refractivity contribution in [3.05, 3.63) is 99.0 Å². The molecule has 5 aromatic rings. The van der Waals surface area contributed by atoms with E-state index in [1.165, 1.54) is 22.8 Å². The Morgan fingerprint density at radius 2 is 1.81 bits per heavy atom. The number of non-ortho nitro benzene ring substituents is 1. The Bertz CT molecular complexity index is 1870. The lowest BCUT2D eigenvalue weighted by atomic mass is 10.1. The van der Waals surface area contributed by atoms with Crippen molar-refractivity contribution in [2.45, 2.75) is 52.5 Å². The highest BCUT2D eigenvalue weighted by Gasteiger charge is 2.23. The van der Waals surface area contributed by atoms with E-state index in [1.807, 2.05) is 59.3 Å². The molecule has 11 nitrogen and oxygen atoms in total. The van der Waals surface area contributed by atoms with Gasteiger partial charge in [0.2, 0.25) is 0 Å². The van der Waals surface area contributed by atoms with Gasteiger partial charge in [0.1, 0.15) is 30.2 Å². The molecule has 0 saturated heterocycles. The maximum atomic E-state index is 14.1. The zero-order valence-electron chi connectivity index (χ0n) is 24.3. The minimum absolute atomic E-state index is 0.0987. The van der Waals surface area contributed by atoms with Gasteiger partial charge in [0.15, 0.2) is 0 Å². The van der Waals surface area contributed by atoms with Crippen molar-refractivity contribution in [1.29, 1.82) is 0 Å². The number of carbonyl (C=O) groups is 1. The first-order chi connectivity index (χ1) is 20.5. The van der Waals surface area contributed by atoms with E-state index in [0.29, 0.717) is 42.9 Å². The zero-order valence-corrected chi connectivity index (χ0v) is 24.3. The molecule has 0 atom stereocenters. The molecule has 2 heterocycles. The highest BCUT2D eigenvalue weighted by Crippen LogP contribution is 2.33. The molecule has 0 aliphatic carbocycles. The number of benzene rings is 3. The van der Waals surface area contributed by atoms with Crippen LogP contribution in [0.15, 0.2) is 77.7 Å². The summed E-state index contributed by atoms with van der Waals surface area (Å²) >= 11 is 0. The van der Waals surface area contributed by atoms with Gasteiger partial charge in [-0.25, -0.2) is 4.98 Å². The molecular formula is C32H33N5O6. The number of aromatic nitrogens is 3. The minimum Gasteiger partial charge on any atom is -0.489 e. The Hall–Kier alpha value is -5.03. The molecule has 0 aliphatic rings. The molecule has 3 aromatic carbocycles. The number of nitro groups is 1. The van der Waals surface area contributed by atoms with Crippen molar-refractivity contribution in [1.82, 2.24) is 14.1 Å². The fraction of sp³-hybridized carbons (Fsp3) is 0.281. The maximum Gasteiger partial charge on any atom is 0.326 e. The van der Waals surface area contributed by atoms with Crippen LogP contribution < -0.4 is 16.0 Å². The van der Waals surface area contributed by atoms with Crippen molar-refractivity contribution in [2.75, 3.05) is 6.54 Å². The van der Waals surface area contributed by atoms with Crippen LogP contribution in [-0.2, 0) is 29.2 Å². The second-order valence-corrected chi connectivity index (χ2v) is 11.2. The van der Waals surface area contributed by atoms with Gasteiger partial charge in [-0.05, 0) is 63.6 Å². The highest BCUT2D eigenvalue weighted by atomic mass is 16.6. The van der Waals surface area contributed by atoms with Gasteiger partial charge in [-0.3, -0.25) is 24.3 Å². The summed E-state index contributed by atoms with van der Waals surface area (Å²) in [7, 11) is 0. The predicted octanol–water partition coefficient (Wildman–Crippen LogP) is 5.20. The number of ether oxygens (including phenoxy) is 2. The van der Waals surface area contributed by atoms with Gasteiger partial charge < -0.3 is 19.8 Å². The third-order valence-electron chi connectivity index (χ3n) is 6.81. The van der Waals surface area contributed by atoms with Crippen LogP contribution in [0.2, 0.25) is 0 Å². The van der Waals surface area contributed by atoms with E-state index in [9.17, 15) is 19.7 Å². The quantitative estimate of drug-likeness (QED) is 0.134. The van der Waals surface area contributed by atoms with Gasteiger partial charge in [0.25, 0.3) is 11.2 Å². The first-order valence-electron chi connectivity index (χ1n) is 13.9. The van der Waals surface area contributed by atoms with E-state index in [1.54, 1.807) is 20.8 Å². The van der Waals surface area contributed by atoms with Crippen LogP contribution >= 0.6 is 0 Å². The molecular weight excluding hydrogens is 550 g/mol. The minimum atomic E-state index is -0.787. The molecule has 5 rings (SSSR count). The lowest BCUT2D eigenvalue weighted by molar-refractivity contribution is -0.384. The molecule has 2 N–H and O–H groups in total. The van der Waals surface area contributed by atoms with Crippen LogP contribution in [0.4, 0.5) is 5.69 Å². The Morgan fingerprint density at radius 3 is 2.51 bits per heavy atom. The molecule has 0 aliphatic heterocycles. The van der Waals surface area contributed by atoms with Crippen molar-refractivity contribution in [2.24, 2.45) is 5.73 Å². The van der Waals surface area contributed by atoms with E-state index >= 15 is 0 Å². The highest BCUT2D eigenvalue weighted by molar-refractivity contribution is 5.97. The van der Waals surface area contributed by atoms with E-state index in [0.717, 1.165) is 16.5 Å². The average Bonchev–Trinajstić information content (AvgIpc) is 3.33. The number of hydrogen-bond acceptors (Lipinski definition) is 8. The summed E-state index contributed by atoms with van der Waals surface area (Å²) in [5.74, 6) is -0.0406. The normalized spacial score (nSPS) is 11.6. The summed E-state index contributed by atoms with van der Waals surface area (Å²) < 4.78 is 14.8. The third-order valence-corrected chi connectivity index (χ3v) is 6.81. The van der Waals surface area contributed by atoms with Crippen molar-refractivity contribution in [3.63, 3.8) is 0 Å². The van der Waals surface area contributed by atoms with Crippen molar-refractivity contribution < 1.29 is 19.2 Å². The molecule has 0 spiro atoms. The van der Waals surface area contributed by atoms with Crippen LogP contribution in [-0.4, -0.2) is 37.2 Å². The van der Waals surface area contributed by atoms with Crippen molar-refractivity contribution in [3.8, 4) is 17.0 Å². The molecule has 0 fully saturated rings. The Balaban J connectivity index is 1.67. The molecule has 0 radical (unpaired) electrons. The fourth-order valence-electron chi connectivity index (χ4n) is 4.92. The molecule has 222 valence electrons. The van der Waals surface area contributed by atoms with Crippen LogP contribution in [0.5, 0.6) is 5.75 Å². The maximum absolute atomic E-state index is 14.1. The number of rotatable bonds is 10. The van der Waals surface area contributed by atoms with Crippen LogP contribution in [0.1, 0.15) is 32.8 Å². The van der Waals surface area contributed by atoms with Crippen molar-refractivity contribution >= 4 is 33.6 Å². The summed E-state index contributed by atoms with van der Waals surface area (Å²) in [6, 6.07) is 19.5. The Labute approximate surface area is 247 Å². The van der Waals surface area contributed by atoms with Crippen LogP contribution in [0.25, 0.3) is 33.2 Å². The van der Waals surface area contributed by atoms with Gasteiger partial charge in [-0.2, -0.15) is 0 Å². The summed E-state index contributed by atoms with van der Waals surface area (Å²) in [5, 5.41) is 12.3. The third kappa shape index (κ3) is 6.57. The molecule has 11 heteroatoms. The van der Waals surface area contributed by atoms with Gasteiger partial charge in [-0.15, -0.1) is 0 Å². The number of hydrogen-bond donors (Lipinski definition) is 1. The predicted molar refractivity (Wildman–Crippen MR) is 164 cm³/mol. The second kappa shape index (κ2) is 12.1. The van der Waals surface area contributed by atoms with Gasteiger partial charge in [-0.1, -0.05) is 30.3 Å². The lowest BCUT2D eigenvalue weighted by Crippen LogP contribution is -2.31. The van der Waals surface area contributed by atoms with E-state index in [4.69, 9.17) is 15.2 Å². The van der Waals surface area contributed by atoms with Gasteiger partial charge >= 0.3 is 5.97 Å². The second-order valence-electron chi connectivity index (χ2n) is 11.2.